The molecule has 3 nitrogen and oxygen atoms in total. The maximum Gasteiger partial charge on any atom is 0.371 e. The number of ether oxygens (including phenoxy) is 1. The summed E-state index contributed by atoms with van der Waals surface area (Å²) in [5, 5.41) is 9.27. The van der Waals surface area contributed by atoms with Gasteiger partial charge in [0.2, 0.25) is 5.76 Å². The second kappa shape index (κ2) is 7.41. The van der Waals surface area contributed by atoms with Crippen LogP contribution in [0.2, 0.25) is 0 Å². The molecule has 0 radical (unpaired) electrons. The van der Waals surface area contributed by atoms with Gasteiger partial charge in [-0.05, 0) is 41.3 Å². The molecule has 4 heteroatoms. The standard InChI is InChI=1S/C18H17FO3/c1-2-14-5-3-4-6-15(14)11-17(18(20)21)22-12-13-7-9-16(19)10-8-13/h3-11H,2,12H2,1H3,(H,20,21). The van der Waals surface area contributed by atoms with E-state index in [0.717, 1.165) is 17.5 Å². The summed E-state index contributed by atoms with van der Waals surface area (Å²) in [6.45, 7) is 2.08. The second-order valence-electron chi connectivity index (χ2n) is 4.78. The van der Waals surface area contributed by atoms with Gasteiger partial charge < -0.3 is 9.84 Å². The van der Waals surface area contributed by atoms with Crippen LogP contribution in [-0.2, 0) is 22.6 Å². The van der Waals surface area contributed by atoms with Crippen molar-refractivity contribution in [3.63, 3.8) is 0 Å². The number of aryl methyl sites for hydroxylation is 1. The van der Waals surface area contributed by atoms with Crippen molar-refractivity contribution in [1.29, 1.82) is 0 Å². The molecule has 2 rings (SSSR count). The number of hydrogen-bond donors (Lipinski definition) is 1. The van der Waals surface area contributed by atoms with Gasteiger partial charge in [-0.15, -0.1) is 0 Å². The van der Waals surface area contributed by atoms with Crippen molar-refractivity contribution in [2.45, 2.75) is 20.0 Å². The number of carboxylic acids is 1. The fourth-order valence-corrected chi connectivity index (χ4v) is 2.05. The average molecular weight is 300 g/mol. The minimum Gasteiger partial charge on any atom is -0.482 e. The Balaban J connectivity index is 2.17. The Morgan fingerprint density at radius 2 is 1.86 bits per heavy atom. The van der Waals surface area contributed by atoms with E-state index in [4.69, 9.17) is 4.74 Å². The summed E-state index contributed by atoms with van der Waals surface area (Å²) in [5.74, 6) is -1.60. The Bertz CT molecular complexity index is 675. The first kappa shape index (κ1) is 15.8. The van der Waals surface area contributed by atoms with E-state index in [1.165, 1.54) is 18.2 Å². The van der Waals surface area contributed by atoms with Crippen molar-refractivity contribution in [3.8, 4) is 0 Å². The summed E-state index contributed by atoms with van der Waals surface area (Å²) in [4.78, 5) is 11.3. The lowest BCUT2D eigenvalue weighted by molar-refractivity contribution is -0.136. The van der Waals surface area contributed by atoms with Gasteiger partial charge >= 0.3 is 5.97 Å². The smallest absolute Gasteiger partial charge is 0.371 e. The third kappa shape index (κ3) is 4.19. The van der Waals surface area contributed by atoms with Crippen LogP contribution in [0.1, 0.15) is 23.6 Å². The first-order chi connectivity index (χ1) is 10.6. The molecule has 0 spiro atoms. The molecule has 0 aliphatic rings. The molecule has 0 heterocycles. The van der Waals surface area contributed by atoms with Crippen molar-refractivity contribution < 1.29 is 19.0 Å². The van der Waals surface area contributed by atoms with Crippen molar-refractivity contribution in [1.82, 2.24) is 0 Å². The van der Waals surface area contributed by atoms with Crippen LogP contribution in [0, 0.1) is 5.82 Å². The fraction of sp³-hybridized carbons (Fsp3) is 0.167. The molecule has 0 saturated carbocycles. The molecule has 114 valence electrons. The van der Waals surface area contributed by atoms with Gasteiger partial charge in [-0.2, -0.15) is 0 Å². The molecule has 0 fully saturated rings. The molecule has 2 aromatic carbocycles. The number of benzene rings is 2. The highest BCUT2D eigenvalue weighted by atomic mass is 19.1. The normalized spacial score (nSPS) is 11.3. The highest BCUT2D eigenvalue weighted by Crippen LogP contribution is 2.16. The molecule has 0 aliphatic heterocycles. The van der Waals surface area contributed by atoms with Crippen LogP contribution in [0.25, 0.3) is 6.08 Å². The fourth-order valence-electron chi connectivity index (χ4n) is 2.05. The molecular formula is C18H17FO3. The van der Waals surface area contributed by atoms with Gasteiger partial charge in [-0.25, -0.2) is 9.18 Å². The highest BCUT2D eigenvalue weighted by molar-refractivity contribution is 5.90. The van der Waals surface area contributed by atoms with Crippen LogP contribution in [0.15, 0.2) is 54.3 Å². The van der Waals surface area contributed by atoms with Crippen LogP contribution in [0.3, 0.4) is 0 Å². The van der Waals surface area contributed by atoms with E-state index in [0.29, 0.717) is 5.56 Å². The van der Waals surface area contributed by atoms with E-state index >= 15 is 0 Å². The molecule has 0 amide bonds. The summed E-state index contributed by atoms with van der Waals surface area (Å²) < 4.78 is 18.2. The Morgan fingerprint density at radius 1 is 1.18 bits per heavy atom. The summed E-state index contributed by atoms with van der Waals surface area (Å²) in [7, 11) is 0. The predicted octanol–water partition coefficient (Wildman–Crippen LogP) is 4.03. The van der Waals surface area contributed by atoms with Gasteiger partial charge in [-0.1, -0.05) is 43.3 Å². The lowest BCUT2D eigenvalue weighted by atomic mass is 10.0. The summed E-state index contributed by atoms with van der Waals surface area (Å²) in [5.41, 5.74) is 2.57. The molecule has 0 saturated heterocycles. The summed E-state index contributed by atoms with van der Waals surface area (Å²) in [6, 6.07) is 13.3. The predicted molar refractivity (Wildman–Crippen MR) is 82.6 cm³/mol. The molecule has 0 bridgehead atoms. The number of halogens is 1. The number of carboxylic acid groups (broad SMARTS) is 1. The minimum absolute atomic E-state index is 0.0761. The Morgan fingerprint density at radius 3 is 2.50 bits per heavy atom. The number of rotatable bonds is 6. The summed E-state index contributed by atoms with van der Waals surface area (Å²) >= 11 is 0. The molecule has 1 N–H and O–H groups in total. The second-order valence-corrected chi connectivity index (χ2v) is 4.78. The minimum atomic E-state index is -1.13. The van der Waals surface area contributed by atoms with E-state index in [9.17, 15) is 14.3 Å². The van der Waals surface area contributed by atoms with Gasteiger partial charge in [0.25, 0.3) is 0 Å². The highest BCUT2D eigenvalue weighted by Gasteiger charge is 2.10. The van der Waals surface area contributed by atoms with Gasteiger partial charge in [0.05, 0.1) is 0 Å². The Labute approximate surface area is 128 Å². The zero-order chi connectivity index (χ0) is 15.9. The molecule has 0 unspecified atom stereocenters. The lowest BCUT2D eigenvalue weighted by Gasteiger charge is -2.09. The Kier molecular flexibility index (Phi) is 5.31. The third-order valence-electron chi connectivity index (χ3n) is 3.24. The maximum atomic E-state index is 12.8. The molecule has 0 aliphatic carbocycles. The SMILES string of the molecule is CCc1ccccc1C=C(OCc1ccc(F)cc1)C(=O)O. The summed E-state index contributed by atoms with van der Waals surface area (Å²) in [6.07, 6.45) is 2.32. The molecule has 0 aromatic heterocycles. The molecule has 0 atom stereocenters. The molecular weight excluding hydrogens is 283 g/mol. The quantitative estimate of drug-likeness (QED) is 0.647. The number of hydrogen-bond acceptors (Lipinski definition) is 2. The number of aliphatic carboxylic acids is 1. The van der Waals surface area contributed by atoms with Crippen molar-refractivity contribution in [3.05, 3.63) is 76.8 Å². The first-order valence-corrected chi connectivity index (χ1v) is 7.00. The van der Waals surface area contributed by atoms with E-state index in [1.807, 2.05) is 31.2 Å². The maximum absolute atomic E-state index is 12.8. The molecule has 22 heavy (non-hydrogen) atoms. The van der Waals surface area contributed by atoms with E-state index in [2.05, 4.69) is 0 Å². The van der Waals surface area contributed by atoms with Crippen molar-refractivity contribution in [2.75, 3.05) is 0 Å². The van der Waals surface area contributed by atoms with E-state index < -0.39 is 5.97 Å². The van der Waals surface area contributed by atoms with Crippen molar-refractivity contribution >= 4 is 12.0 Å². The monoisotopic (exact) mass is 300 g/mol. The largest absolute Gasteiger partial charge is 0.482 e. The first-order valence-electron chi connectivity index (χ1n) is 7.00. The van der Waals surface area contributed by atoms with Crippen LogP contribution in [-0.4, -0.2) is 11.1 Å². The Hall–Kier alpha value is -2.62. The van der Waals surface area contributed by atoms with E-state index in [1.54, 1.807) is 12.1 Å². The van der Waals surface area contributed by atoms with E-state index in [-0.39, 0.29) is 18.2 Å². The van der Waals surface area contributed by atoms with Gasteiger partial charge in [0.15, 0.2) is 0 Å². The average Bonchev–Trinajstić information content (AvgIpc) is 2.53. The van der Waals surface area contributed by atoms with Gasteiger partial charge in [0, 0.05) is 0 Å². The number of carbonyl (C=O) groups is 1. The van der Waals surface area contributed by atoms with Crippen molar-refractivity contribution in [2.24, 2.45) is 0 Å². The zero-order valence-corrected chi connectivity index (χ0v) is 12.3. The molecule has 2 aromatic rings. The third-order valence-corrected chi connectivity index (χ3v) is 3.24. The van der Waals surface area contributed by atoms with Gasteiger partial charge in [0.1, 0.15) is 12.4 Å². The van der Waals surface area contributed by atoms with Gasteiger partial charge in [-0.3, -0.25) is 0 Å². The lowest BCUT2D eigenvalue weighted by Crippen LogP contribution is -2.05. The van der Waals surface area contributed by atoms with Crippen LogP contribution >= 0.6 is 0 Å². The topological polar surface area (TPSA) is 46.5 Å². The van der Waals surface area contributed by atoms with Crippen LogP contribution in [0.4, 0.5) is 4.39 Å². The van der Waals surface area contributed by atoms with Crippen LogP contribution < -0.4 is 0 Å². The zero-order valence-electron chi connectivity index (χ0n) is 12.3. The van der Waals surface area contributed by atoms with Crippen LogP contribution in [0.5, 0.6) is 0 Å².